The standard InChI is InChI=1S/C16H22ClNO/c1-19-16-9-5-8-15(17)14(16)10-13(11-18)12-6-3-2-4-7-12/h5,8-10,12H,2-4,6-7,11,18H2,1H3/b13-10-. The second kappa shape index (κ2) is 6.97. The molecule has 0 bridgehead atoms. The third-order valence-electron chi connectivity index (χ3n) is 3.93. The average molecular weight is 280 g/mol. The summed E-state index contributed by atoms with van der Waals surface area (Å²) in [7, 11) is 1.67. The Hall–Kier alpha value is -0.990. The Kier molecular flexibility index (Phi) is 5.29. The second-order valence-electron chi connectivity index (χ2n) is 5.11. The van der Waals surface area contributed by atoms with Crippen molar-refractivity contribution in [3.8, 4) is 5.75 Å². The predicted molar refractivity (Wildman–Crippen MR) is 81.6 cm³/mol. The number of ether oxygens (including phenoxy) is 1. The Bertz CT molecular complexity index is 450. The first kappa shape index (κ1) is 14.4. The van der Waals surface area contributed by atoms with Gasteiger partial charge in [0.05, 0.1) is 12.1 Å². The lowest BCUT2D eigenvalue weighted by atomic mass is 9.83. The fourth-order valence-electron chi connectivity index (χ4n) is 2.84. The summed E-state index contributed by atoms with van der Waals surface area (Å²) in [5, 5.41) is 0.723. The van der Waals surface area contributed by atoms with Crippen molar-refractivity contribution in [3.05, 3.63) is 34.4 Å². The normalized spacial score (nSPS) is 17.5. The molecule has 1 aliphatic rings. The predicted octanol–water partition coefficient (Wildman–Crippen LogP) is 4.27. The number of rotatable bonds is 4. The zero-order valence-corrected chi connectivity index (χ0v) is 12.2. The third-order valence-corrected chi connectivity index (χ3v) is 4.26. The van der Waals surface area contributed by atoms with Crippen LogP contribution in [0.2, 0.25) is 5.02 Å². The van der Waals surface area contributed by atoms with Crippen molar-refractivity contribution >= 4 is 17.7 Å². The molecule has 0 radical (unpaired) electrons. The minimum atomic E-state index is 0.596. The average Bonchev–Trinajstić information content (AvgIpc) is 2.46. The topological polar surface area (TPSA) is 35.2 Å². The van der Waals surface area contributed by atoms with E-state index in [9.17, 15) is 0 Å². The van der Waals surface area contributed by atoms with Crippen molar-refractivity contribution in [1.82, 2.24) is 0 Å². The molecule has 0 saturated heterocycles. The zero-order chi connectivity index (χ0) is 13.7. The van der Waals surface area contributed by atoms with Gasteiger partial charge in [-0.3, -0.25) is 0 Å². The van der Waals surface area contributed by atoms with Gasteiger partial charge in [0, 0.05) is 12.1 Å². The third kappa shape index (κ3) is 3.52. The van der Waals surface area contributed by atoms with Crippen LogP contribution in [0.1, 0.15) is 37.7 Å². The number of hydrogen-bond acceptors (Lipinski definition) is 2. The van der Waals surface area contributed by atoms with Crippen LogP contribution in [0.4, 0.5) is 0 Å². The van der Waals surface area contributed by atoms with Crippen molar-refractivity contribution in [2.24, 2.45) is 11.7 Å². The van der Waals surface area contributed by atoms with Gasteiger partial charge in [-0.05, 0) is 37.0 Å². The number of benzene rings is 1. The molecule has 0 atom stereocenters. The summed E-state index contributed by atoms with van der Waals surface area (Å²) in [5.74, 6) is 1.42. The maximum atomic E-state index is 6.28. The van der Waals surface area contributed by atoms with Gasteiger partial charge in [-0.1, -0.05) is 42.5 Å². The Labute approximate surface area is 120 Å². The first-order valence-corrected chi connectivity index (χ1v) is 7.37. The summed E-state index contributed by atoms with van der Waals surface area (Å²) in [4.78, 5) is 0. The largest absolute Gasteiger partial charge is 0.496 e. The molecule has 1 aromatic carbocycles. The van der Waals surface area contributed by atoms with Crippen molar-refractivity contribution in [3.63, 3.8) is 0 Å². The lowest BCUT2D eigenvalue weighted by Gasteiger charge is -2.24. The lowest BCUT2D eigenvalue weighted by Crippen LogP contribution is -2.16. The quantitative estimate of drug-likeness (QED) is 0.893. The van der Waals surface area contributed by atoms with E-state index in [4.69, 9.17) is 22.1 Å². The maximum absolute atomic E-state index is 6.28. The molecular weight excluding hydrogens is 258 g/mol. The number of halogens is 1. The molecule has 0 aliphatic heterocycles. The van der Waals surface area contributed by atoms with Crippen LogP contribution < -0.4 is 10.5 Å². The van der Waals surface area contributed by atoms with Gasteiger partial charge in [-0.25, -0.2) is 0 Å². The van der Waals surface area contributed by atoms with Gasteiger partial charge in [0.15, 0.2) is 0 Å². The molecule has 0 unspecified atom stereocenters. The van der Waals surface area contributed by atoms with Crippen LogP contribution in [0.5, 0.6) is 5.75 Å². The summed E-state index contributed by atoms with van der Waals surface area (Å²) in [6.07, 6.45) is 8.59. The van der Waals surface area contributed by atoms with E-state index in [2.05, 4.69) is 6.08 Å². The SMILES string of the molecule is COc1cccc(Cl)c1/C=C(/CN)C1CCCCC1. The smallest absolute Gasteiger partial charge is 0.127 e. The van der Waals surface area contributed by atoms with Gasteiger partial charge in [-0.2, -0.15) is 0 Å². The molecular formula is C16H22ClNO. The van der Waals surface area contributed by atoms with E-state index in [0.29, 0.717) is 12.5 Å². The van der Waals surface area contributed by atoms with Crippen molar-refractivity contribution in [2.75, 3.05) is 13.7 Å². The molecule has 19 heavy (non-hydrogen) atoms. The van der Waals surface area contributed by atoms with E-state index in [0.717, 1.165) is 16.3 Å². The van der Waals surface area contributed by atoms with Gasteiger partial charge < -0.3 is 10.5 Å². The van der Waals surface area contributed by atoms with Crippen LogP contribution in [-0.2, 0) is 0 Å². The first-order chi connectivity index (χ1) is 9.26. The van der Waals surface area contributed by atoms with Crippen LogP contribution >= 0.6 is 11.6 Å². The number of methoxy groups -OCH3 is 1. The van der Waals surface area contributed by atoms with E-state index in [1.54, 1.807) is 7.11 Å². The minimum Gasteiger partial charge on any atom is -0.496 e. The van der Waals surface area contributed by atoms with Crippen LogP contribution in [0.15, 0.2) is 23.8 Å². The van der Waals surface area contributed by atoms with E-state index >= 15 is 0 Å². The van der Waals surface area contributed by atoms with Crippen LogP contribution in [0, 0.1) is 5.92 Å². The lowest BCUT2D eigenvalue weighted by molar-refractivity contribution is 0.400. The fraction of sp³-hybridized carbons (Fsp3) is 0.500. The summed E-state index contributed by atoms with van der Waals surface area (Å²) in [5.41, 5.74) is 8.19. The van der Waals surface area contributed by atoms with E-state index in [1.165, 1.54) is 37.7 Å². The Morgan fingerprint density at radius 3 is 2.74 bits per heavy atom. The second-order valence-corrected chi connectivity index (χ2v) is 5.52. The van der Waals surface area contributed by atoms with E-state index in [1.807, 2.05) is 18.2 Å². The highest BCUT2D eigenvalue weighted by Crippen LogP contribution is 2.34. The zero-order valence-electron chi connectivity index (χ0n) is 11.5. The first-order valence-electron chi connectivity index (χ1n) is 6.99. The molecule has 2 N–H and O–H groups in total. The molecule has 104 valence electrons. The van der Waals surface area contributed by atoms with Crippen molar-refractivity contribution in [1.29, 1.82) is 0 Å². The van der Waals surface area contributed by atoms with E-state index < -0.39 is 0 Å². The highest BCUT2D eigenvalue weighted by molar-refractivity contribution is 6.32. The fourth-order valence-corrected chi connectivity index (χ4v) is 3.06. The monoisotopic (exact) mass is 279 g/mol. The van der Waals surface area contributed by atoms with Gasteiger partial charge in [0.25, 0.3) is 0 Å². The molecule has 1 saturated carbocycles. The summed E-state index contributed by atoms with van der Waals surface area (Å²) < 4.78 is 5.39. The van der Waals surface area contributed by atoms with E-state index in [-0.39, 0.29) is 0 Å². The molecule has 1 aromatic rings. The molecule has 0 aromatic heterocycles. The molecule has 0 amide bonds. The van der Waals surface area contributed by atoms with Crippen molar-refractivity contribution in [2.45, 2.75) is 32.1 Å². The molecule has 0 spiro atoms. The molecule has 1 fully saturated rings. The summed E-state index contributed by atoms with van der Waals surface area (Å²) >= 11 is 6.28. The van der Waals surface area contributed by atoms with Gasteiger partial charge >= 0.3 is 0 Å². The summed E-state index contributed by atoms with van der Waals surface area (Å²) in [6.45, 7) is 0.596. The van der Waals surface area contributed by atoms with Gasteiger partial charge in [-0.15, -0.1) is 0 Å². The van der Waals surface area contributed by atoms with Crippen molar-refractivity contribution < 1.29 is 4.74 Å². The van der Waals surface area contributed by atoms with Gasteiger partial charge in [0.1, 0.15) is 5.75 Å². The maximum Gasteiger partial charge on any atom is 0.127 e. The molecule has 0 heterocycles. The Morgan fingerprint density at radius 2 is 2.11 bits per heavy atom. The highest BCUT2D eigenvalue weighted by Gasteiger charge is 2.18. The minimum absolute atomic E-state index is 0.596. The van der Waals surface area contributed by atoms with Crippen LogP contribution in [-0.4, -0.2) is 13.7 Å². The number of nitrogens with two attached hydrogens (primary N) is 1. The summed E-state index contributed by atoms with van der Waals surface area (Å²) in [6, 6.07) is 5.73. The molecule has 1 aliphatic carbocycles. The molecule has 3 heteroatoms. The number of hydrogen-bond donors (Lipinski definition) is 1. The molecule has 2 nitrogen and oxygen atoms in total. The highest BCUT2D eigenvalue weighted by atomic mass is 35.5. The van der Waals surface area contributed by atoms with Crippen LogP contribution in [0.25, 0.3) is 6.08 Å². The Morgan fingerprint density at radius 1 is 1.37 bits per heavy atom. The van der Waals surface area contributed by atoms with Gasteiger partial charge in [0.2, 0.25) is 0 Å². The Balaban J connectivity index is 2.31. The van der Waals surface area contributed by atoms with Crippen LogP contribution in [0.3, 0.4) is 0 Å². The molecule has 2 rings (SSSR count).